The Morgan fingerprint density at radius 1 is 1.10 bits per heavy atom. The first-order chi connectivity index (χ1) is 14.4. The molecule has 0 aliphatic heterocycles. The topological polar surface area (TPSA) is 95.5 Å². The van der Waals surface area contributed by atoms with Gasteiger partial charge >= 0.3 is 0 Å². The average Bonchev–Trinajstić information content (AvgIpc) is 3.12. The molecule has 9 heteroatoms. The van der Waals surface area contributed by atoms with Crippen molar-refractivity contribution in [3.63, 3.8) is 0 Å². The lowest BCUT2D eigenvalue weighted by Crippen LogP contribution is -2.51. The Balaban J connectivity index is 1.47. The molecule has 1 aromatic heterocycles. The molecule has 30 heavy (non-hydrogen) atoms. The molecule has 5 rings (SSSR count). The summed E-state index contributed by atoms with van der Waals surface area (Å²) in [4.78, 5) is 13.4. The van der Waals surface area contributed by atoms with Gasteiger partial charge in [-0.1, -0.05) is 48.0 Å². The van der Waals surface area contributed by atoms with Gasteiger partial charge in [0.25, 0.3) is 15.9 Å². The number of hydroxylamine groups is 1. The number of fused-ring (bicyclic) bond motifs is 3. The number of thiophene rings is 1. The second-order valence-corrected chi connectivity index (χ2v) is 11.0. The number of sulfonamides is 1. The first kappa shape index (κ1) is 19.7. The number of hydrogen-bond acceptors (Lipinski definition) is 5. The second kappa shape index (κ2) is 6.90. The van der Waals surface area contributed by atoms with Gasteiger partial charge < -0.3 is 0 Å². The second-order valence-electron chi connectivity index (χ2n) is 7.53. The molecule has 1 fully saturated rings. The fourth-order valence-corrected chi connectivity index (χ4v) is 7.42. The third-order valence-electron chi connectivity index (χ3n) is 5.95. The largest absolute Gasteiger partial charge is 0.289 e. The maximum Gasteiger partial charge on any atom is 0.265 e. The number of nitrogens with one attached hydrogen (secondary N) is 2. The summed E-state index contributed by atoms with van der Waals surface area (Å²) in [6.07, 6.45) is 0.581. The number of carbonyl (C=O) groups excluding carboxylic acids is 1. The van der Waals surface area contributed by atoms with Gasteiger partial charge in [0, 0.05) is 21.7 Å². The summed E-state index contributed by atoms with van der Waals surface area (Å²) in [5, 5.41) is 9.91. The summed E-state index contributed by atoms with van der Waals surface area (Å²) >= 11 is 7.03. The minimum atomic E-state index is -3.98. The van der Waals surface area contributed by atoms with Crippen molar-refractivity contribution in [2.24, 2.45) is 5.92 Å². The van der Waals surface area contributed by atoms with E-state index in [1.165, 1.54) is 6.07 Å². The van der Waals surface area contributed by atoms with Crippen molar-refractivity contribution >= 4 is 38.9 Å². The third-order valence-corrected chi connectivity index (χ3v) is 9.32. The first-order valence-corrected chi connectivity index (χ1v) is 12.0. The van der Waals surface area contributed by atoms with E-state index in [1.807, 2.05) is 36.4 Å². The van der Waals surface area contributed by atoms with Gasteiger partial charge in [0.2, 0.25) is 0 Å². The summed E-state index contributed by atoms with van der Waals surface area (Å²) in [6.45, 7) is 0. The van der Waals surface area contributed by atoms with Crippen LogP contribution in [0.5, 0.6) is 0 Å². The molecule has 3 atom stereocenters. The van der Waals surface area contributed by atoms with Gasteiger partial charge in [0.15, 0.2) is 0 Å². The zero-order valence-electron chi connectivity index (χ0n) is 15.5. The van der Waals surface area contributed by atoms with E-state index in [0.717, 1.165) is 32.9 Å². The third kappa shape index (κ3) is 2.91. The lowest BCUT2D eigenvalue weighted by Gasteiger charge is -2.21. The molecule has 0 spiro atoms. The van der Waals surface area contributed by atoms with E-state index in [0.29, 0.717) is 11.4 Å². The van der Waals surface area contributed by atoms with Crippen molar-refractivity contribution < 1.29 is 18.4 Å². The normalized spacial score (nSPS) is 24.2. The van der Waals surface area contributed by atoms with Gasteiger partial charge in [0.05, 0.1) is 0 Å². The monoisotopic (exact) mass is 460 g/mol. The van der Waals surface area contributed by atoms with Crippen molar-refractivity contribution in [1.82, 2.24) is 10.2 Å². The van der Waals surface area contributed by atoms with Crippen molar-refractivity contribution in [3.05, 3.63) is 76.8 Å². The number of rotatable bonds is 5. The van der Waals surface area contributed by atoms with Crippen LogP contribution in [-0.2, 0) is 21.2 Å². The minimum Gasteiger partial charge on any atom is -0.289 e. The average molecular weight is 461 g/mol. The van der Waals surface area contributed by atoms with E-state index in [9.17, 15) is 18.4 Å². The van der Waals surface area contributed by atoms with Gasteiger partial charge in [-0.3, -0.25) is 10.0 Å². The molecular formula is C21H17ClN2O4S2. The molecule has 2 aliphatic carbocycles. The predicted octanol–water partition coefficient (Wildman–Crippen LogP) is 3.56. The highest BCUT2D eigenvalue weighted by molar-refractivity contribution is 7.91. The van der Waals surface area contributed by atoms with Gasteiger partial charge in [-0.25, -0.2) is 13.9 Å². The highest BCUT2D eigenvalue weighted by Crippen LogP contribution is 2.64. The van der Waals surface area contributed by atoms with Crippen LogP contribution in [0.2, 0.25) is 5.02 Å². The smallest absolute Gasteiger partial charge is 0.265 e. The molecule has 0 saturated heterocycles. The molecule has 1 heterocycles. The van der Waals surface area contributed by atoms with Gasteiger partial charge in [-0.05, 0) is 47.4 Å². The molecule has 6 nitrogen and oxygen atoms in total. The fraction of sp³-hybridized carbons (Fsp3) is 0.190. The van der Waals surface area contributed by atoms with Crippen LogP contribution in [0, 0.1) is 5.92 Å². The van der Waals surface area contributed by atoms with Crippen LogP contribution in [-0.4, -0.2) is 25.1 Å². The van der Waals surface area contributed by atoms with Crippen LogP contribution in [0.25, 0.3) is 10.4 Å². The number of halogens is 1. The van der Waals surface area contributed by atoms with Crippen molar-refractivity contribution in [2.75, 3.05) is 0 Å². The minimum absolute atomic E-state index is 0.107. The van der Waals surface area contributed by atoms with Crippen molar-refractivity contribution in [1.29, 1.82) is 0 Å². The molecule has 0 unspecified atom stereocenters. The van der Waals surface area contributed by atoms with Crippen molar-refractivity contribution in [3.8, 4) is 10.4 Å². The summed E-state index contributed by atoms with van der Waals surface area (Å²) in [6, 6.07) is 18.1. The van der Waals surface area contributed by atoms with Crippen LogP contribution >= 0.6 is 22.9 Å². The molecule has 3 aromatic rings. The number of carbonyl (C=O) groups is 1. The highest BCUT2D eigenvalue weighted by Gasteiger charge is 2.74. The molecule has 3 N–H and O–H groups in total. The van der Waals surface area contributed by atoms with Gasteiger partial charge in [0.1, 0.15) is 9.75 Å². The maximum atomic E-state index is 13.2. The summed E-state index contributed by atoms with van der Waals surface area (Å²) in [7, 11) is -3.98. The first-order valence-electron chi connectivity index (χ1n) is 9.29. The zero-order valence-corrected chi connectivity index (χ0v) is 17.9. The van der Waals surface area contributed by atoms with E-state index >= 15 is 0 Å². The zero-order chi connectivity index (χ0) is 21.1. The van der Waals surface area contributed by atoms with Crippen LogP contribution in [0.15, 0.2) is 64.9 Å². The molecule has 154 valence electrons. The van der Waals surface area contributed by atoms with Crippen LogP contribution < -0.4 is 10.2 Å². The van der Waals surface area contributed by atoms with E-state index in [2.05, 4.69) is 4.72 Å². The van der Waals surface area contributed by atoms with E-state index in [-0.39, 0.29) is 16.0 Å². The predicted molar refractivity (Wildman–Crippen MR) is 114 cm³/mol. The van der Waals surface area contributed by atoms with Gasteiger partial charge in [-0.2, -0.15) is 4.72 Å². The maximum absolute atomic E-state index is 13.2. The summed E-state index contributed by atoms with van der Waals surface area (Å²) < 4.78 is 29.1. The Morgan fingerprint density at radius 2 is 1.83 bits per heavy atom. The molecule has 0 bridgehead atoms. The van der Waals surface area contributed by atoms with E-state index in [4.69, 9.17) is 11.6 Å². The molecule has 2 aliphatic rings. The summed E-state index contributed by atoms with van der Waals surface area (Å²) in [5.74, 6) is -1.26. The molecule has 1 saturated carbocycles. The van der Waals surface area contributed by atoms with Crippen LogP contribution in [0.4, 0.5) is 0 Å². The molecule has 1 amide bonds. The summed E-state index contributed by atoms with van der Waals surface area (Å²) in [5.41, 5.74) is 3.18. The lowest BCUT2D eigenvalue weighted by molar-refractivity contribution is -0.132. The van der Waals surface area contributed by atoms with Crippen LogP contribution in [0.3, 0.4) is 0 Å². The Bertz CT molecular complexity index is 1260. The van der Waals surface area contributed by atoms with E-state index in [1.54, 1.807) is 23.7 Å². The number of amides is 1. The Kier molecular flexibility index (Phi) is 4.53. The highest BCUT2D eigenvalue weighted by atomic mass is 35.5. The molecular weight excluding hydrogens is 444 g/mol. The molecule has 2 aromatic carbocycles. The lowest BCUT2D eigenvalue weighted by atomic mass is 9.98. The Morgan fingerprint density at radius 3 is 2.57 bits per heavy atom. The fourth-order valence-electron chi connectivity index (χ4n) is 4.56. The quantitative estimate of drug-likeness (QED) is 0.400. The number of benzene rings is 2. The SMILES string of the molecule is O=C(NO)[C@]1(NS(=O)(=O)c2ccc(-c3ccc(Cl)cc3)s2)[C@@H]2c3ccccc3C[C@@H]21. The number of hydrogen-bond donors (Lipinski definition) is 3. The standard InChI is InChI=1S/C21H17ClN2O4S2/c22-14-7-5-12(6-8-14)17-9-10-18(29-17)30(27,28)24-21(20(25)23-26)16-11-13-3-1-2-4-15(13)19(16)21/h1-10,16,19,24,26H,11H2,(H,23,25)/t16-,19+,21+/m0/s1. The van der Waals surface area contributed by atoms with Crippen molar-refractivity contribution in [2.45, 2.75) is 22.1 Å². The Hall–Kier alpha value is -2.23. The van der Waals surface area contributed by atoms with Gasteiger partial charge in [-0.15, -0.1) is 11.3 Å². The molecule has 0 radical (unpaired) electrons. The van der Waals surface area contributed by atoms with E-state index < -0.39 is 21.5 Å². The Labute approximate surface area is 182 Å². The van der Waals surface area contributed by atoms with Crippen LogP contribution in [0.1, 0.15) is 17.0 Å².